The number of nitrogens with zero attached hydrogens (tertiary/aromatic N) is 4. The summed E-state index contributed by atoms with van der Waals surface area (Å²) in [4.78, 5) is 15.4. The Bertz CT molecular complexity index is 3990. The van der Waals surface area contributed by atoms with Gasteiger partial charge in [-0.2, -0.15) is 0 Å². The summed E-state index contributed by atoms with van der Waals surface area (Å²) in [7, 11) is 0. The minimum Gasteiger partial charge on any atom is -0.309 e. The van der Waals surface area contributed by atoms with Crippen LogP contribution in [0.25, 0.3) is 127 Å². The maximum absolute atomic E-state index is 5.19. The highest BCUT2D eigenvalue weighted by atomic mass is 15.0. The zero-order valence-corrected chi connectivity index (χ0v) is 36.4. The summed E-state index contributed by atoms with van der Waals surface area (Å²) in [6, 6.07) is 86.6. The van der Waals surface area contributed by atoms with Crippen LogP contribution in [0.5, 0.6) is 0 Å². The molecule has 13 rings (SSSR count). The molecule has 0 bridgehead atoms. The molecule has 0 spiro atoms. The molecule has 0 fully saturated rings. The topological polar surface area (TPSA) is 43.6 Å². The first-order chi connectivity index (χ1) is 33.2. The quantitative estimate of drug-likeness (QED) is 0.150. The van der Waals surface area contributed by atoms with Crippen LogP contribution in [0.3, 0.4) is 0 Å². The van der Waals surface area contributed by atoms with Gasteiger partial charge in [0, 0.05) is 33.2 Å². The molecule has 11 aromatic carbocycles. The number of hydrogen-bond donors (Lipinski definition) is 0. The van der Waals surface area contributed by atoms with Crippen LogP contribution >= 0.6 is 0 Å². The lowest BCUT2D eigenvalue weighted by Gasteiger charge is -2.16. The van der Waals surface area contributed by atoms with Gasteiger partial charge in [-0.05, 0) is 102 Å². The van der Waals surface area contributed by atoms with Gasteiger partial charge in [-0.15, -0.1) is 0 Å². The lowest BCUT2D eigenvalue weighted by atomic mass is 9.88. The first-order valence-corrected chi connectivity index (χ1v) is 22.8. The molecule has 0 aliphatic heterocycles. The molecule has 67 heavy (non-hydrogen) atoms. The first kappa shape index (κ1) is 38.5. The van der Waals surface area contributed by atoms with Gasteiger partial charge in [0.25, 0.3) is 0 Å². The molecule has 4 heteroatoms. The maximum atomic E-state index is 5.19. The third kappa shape index (κ3) is 6.65. The Kier molecular flexibility index (Phi) is 9.14. The Morgan fingerprint density at radius 3 is 1.31 bits per heavy atom. The second kappa shape index (κ2) is 15.9. The van der Waals surface area contributed by atoms with Gasteiger partial charge in [0.1, 0.15) is 0 Å². The normalized spacial score (nSPS) is 11.6. The molecule has 0 aliphatic carbocycles. The van der Waals surface area contributed by atoms with Crippen molar-refractivity contribution in [3.63, 3.8) is 0 Å². The van der Waals surface area contributed by atoms with E-state index in [-0.39, 0.29) is 0 Å². The Labute approximate surface area is 387 Å². The predicted molar refractivity (Wildman–Crippen MR) is 279 cm³/mol. The second-order valence-electron chi connectivity index (χ2n) is 17.1. The molecule has 0 saturated heterocycles. The Morgan fingerprint density at radius 1 is 0.239 bits per heavy atom. The highest BCUT2D eigenvalue weighted by Gasteiger charge is 2.19. The van der Waals surface area contributed by atoms with Gasteiger partial charge >= 0.3 is 0 Å². The third-order valence-corrected chi connectivity index (χ3v) is 13.3. The Hall–Kier alpha value is -8.99. The van der Waals surface area contributed by atoms with Gasteiger partial charge in [-0.25, -0.2) is 15.0 Å². The molecule has 0 radical (unpaired) electrons. The predicted octanol–water partition coefficient (Wildman–Crippen LogP) is 16.4. The second-order valence-corrected chi connectivity index (χ2v) is 17.1. The van der Waals surface area contributed by atoms with E-state index in [1.165, 1.54) is 76.6 Å². The summed E-state index contributed by atoms with van der Waals surface area (Å²) in [6.07, 6.45) is 0. The van der Waals surface area contributed by atoms with Crippen LogP contribution in [-0.4, -0.2) is 19.5 Å². The van der Waals surface area contributed by atoms with Crippen molar-refractivity contribution in [2.75, 3.05) is 0 Å². The van der Waals surface area contributed by atoms with Crippen LogP contribution in [0.1, 0.15) is 0 Å². The molecular weight excluding hydrogens is 813 g/mol. The number of aromatic nitrogens is 4. The largest absolute Gasteiger partial charge is 0.309 e. The van der Waals surface area contributed by atoms with E-state index in [2.05, 4.69) is 223 Å². The summed E-state index contributed by atoms with van der Waals surface area (Å²) in [5, 5.41) is 9.63. The van der Waals surface area contributed by atoms with Gasteiger partial charge in [-0.1, -0.05) is 206 Å². The summed E-state index contributed by atoms with van der Waals surface area (Å²) in [5.41, 5.74) is 13.4. The molecule has 312 valence electrons. The van der Waals surface area contributed by atoms with Crippen LogP contribution in [0.4, 0.5) is 0 Å². The van der Waals surface area contributed by atoms with E-state index in [1.807, 2.05) is 24.3 Å². The van der Waals surface area contributed by atoms with Crippen molar-refractivity contribution in [2.24, 2.45) is 0 Å². The van der Waals surface area contributed by atoms with Gasteiger partial charge in [-0.3, -0.25) is 0 Å². The number of benzene rings is 11. The summed E-state index contributed by atoms with van der Waals surface area (Å²) in [5.74, 6) is 1.90. The number of fused-ring (bicyclic) bond motifs is 9. The summed E-state index contributed by atoms with van der Waals surface area (Å²) in [6.45, 7) is 0. The van der Waals surface area contributed by atoms with Crippen LogP contribution < -0.4 is 0 Å². The minimum atomic E-state index is 0.631. The van der Waals surface area contributed by atoms with Crippen LogP contribution in [-0.2, 0) is 0 Å². The van der Waals surface area contributed by atoms with Crippen molar-refractivity contribution in [2.45, 2.75) is 0 Å². The zero-order chi connectivity index (χ0) is 44.3. The molecule has 0 atom stereocenters. The average Bonchev–Trinajstić information content (AvgIpc) is 3.75. The summed E-state index contributed by atoms with van der Waals surface area (Å²) < 4.78 is 2.40. The molecule has 0 N–H and O–H groups in total. The molecule has 4 nitrogen and oxygen atoms in total. The monoisotopic (exact) mass is 852 g/mol. The molecule has 13 aromatic rings. The number of rotatable bonds is 7. The molecule has 2 heterocycles. The van der Waals surface area contributed by atoms with Crippen LogP contribution in [0, 0.1) is 0 Å². The zero-order valence-electron chi connectivity index (χ0n) is 36.4. The average molecular weight is 853 g/mol. The highest BCUT2D eigenvalue weighted by Crippen LogP contribution is 2.43. The number of para-hydroxylation sites is 1. The highest BCUT2D eigenvalue weighted by molar-refractivity contribution is 6.29. The lowest BCUT2D eigenvalue weighted by Crippen LogP contribution is -2.00. The van der Waals surface area contributed by atoms with Crippen molar-refractivity contribution in [1.82, 2.24) is 19.5 Å². The van der Waals surface area contributed by atoms with E-state index >= 15 is 0 Å². The standard InChI is InChI=1S/C63H40N4/c1-4-15-41(16-5-1)43-27-29-46(30-28-43)62-64-61(45-19-8-3-9-20-45)65-63(66-62)48-33-37-55-56(40-48)52-22-11-10-21-51(52)54-25-14-24-50(60(54)55)47-34-38-59-57(39-47)53-23-12-13-26-58(53)67(59)49-35-31-44(32-36-49)42-17-6-2-7-18-42/h1-40H. The van der Waals surface area contributed by atoms with Crippen molar-refractivity contribution in [1.29, 1.82) is 0 Å². The maximum Gasteiger partial charge on any atom is 0.164 e. The van der Waals surface area contributed by atoms with Crippen LogP contribution in [0.2, 0.25) is 0 Å². The fraction of sp³-hybridized carbons (Fsp3) is 0. The molecular formula is C63H40N4. The van der Waals surface area contributed by atoms with E-state index < -0.39 is 0 Å². The minimum absolute atomic E-state index is 0.631. The first-order valence-electron chi connectivity index (χ1n) is 22.8. The lowest BCUT2D eigenvalue weighted by molar-refractivity contribution is 1.07. The smallest absolute Gasteiger partial charge is 0.164 e. The summed E-state index contributed by atoms with van der Waals surface area (Å²) >= 11 is 0. The van der Waals surface area contributed by atoms with Gasteiger partial charge in [0.15, 0.2) is 17.5 Å². The molecule has 0 unspecified atom stereocenters. The van der Waals surface area contributed by atoms with Crippen LogP contribution in [0.15, 0.2) is 243 Å². The van der Waals surface area contributed by atoms with Crippen molar-refractivity contribution in [3.05, 3.63) is 243 Å². The SMILES string of the molecule is c1ccc(-c2ccc(-c3nc(-c4ccccc4)nc(-c4ccc5c(c4)c4ccccc4c4cccc(-c6ccc7c(c6)c6ccccc6n7-c6ccc(-c7ccccc7)cc6)c45)n3)cc2)cc1. The Balaban J connectivity index is 0.967. The molecule has 0 aliphatic rings. The van der Waals surface area contributed by atoms with E-state index in [4.69, 9.17) is 15.0 Å². The van der Waals surface area contributed by atoms with Crippen molar-refractivity contribution >= 4 is 54.1 Å². The van der Waals surface area contributed by atoms with Gasteiger partial charge in [0.05, 0.1) is 11.0 Å². The fourth-order valence-corrected chi connectivity index (χ4v) is 10.0. The van der Waals surface area contributed by atoms with Gasteiger partial charge < -0.3 is 4.57 Å². The Morgan fingerprint density at radius 2 is 0.657 bits per heavy atom. The van der Waals surface area contributed by atoms with Crippen molar-refractivity contribution in [3.8, 4) is 73.2 Å². The fourth-order valence-electron chi connectivity index (χ4n) is 10.0. The molecule has 2 aromatic heterocycles. The van der Waals surface area contributed by atoms with E-state index in [9.17, 15) is 0 Å². The van der Waals surface area contributed by atoms with E-state index in [0.717, 1.165) is 33.3 Å². The molecule has 0 saturated carbocycles. The van der Waals surface area contributed by atoms with Crippen molar-refractivity contribution < 1.29 is 0 Å². The molecule has 0 amide bonds. The number of hydrogen-bond acceptors (Lipinski definition) is 3. The van der Waals surface area contributed by atoms with E-state index in [0.29, 0.717) is 17.5 Å². The van der Waals surface area contributed by atoms with E-state index in [1.54, 1.807) is 0 Å². The third-order valence-electron chi connectivity index (χ3n) is 13.3. The van der Waals surface area contributed by atoms with Gasteiger partial charge in [0.2, 0.25) is 0 Å².